The number of hydrogen-bond donors (Lipinski definition) is 1. The largest absolute Gasteiger partial charge is 0.444 e. The molecule has 2 N–H and O–H groups in total. The number of rotatable bonds is 3. The van der Waals surface area contributed by atoms with Crippen molar-refractivity contribution < 1.29 is 9.53 Å². The second-order valence-electron chi connectivity index (χ2n) is 6.84. The summed E-state index contributed by atoms with van der Waals surface area (Å²) in [5.41, 5.74) is 5.41. The van der Waals surface area contributed by atoms with Gasteiger partial charge < -0.3 is 15.4 Å². The topological polar surface area (TPSA) is 55.6 Å². The Bertz CT molecular complexity index is 284. The van der Waals surface area contributed by atoms with Crippen molar-refractivity contribution in [1.29, 1.82) is 0 Å². The molecule has 0 aromatic carbocycles. The molecule has 1 heterocycles. The van der Waals surface area contributed by atoms with Crippen LogP contribution in [0, 0.1) is 5.92 Å². The van der Waals surface area contributed by atoms with E-state index in [4.69, 9.17) is 10.5 Å². The number of carbonyl (C=O) groups is 1. The molecule has 1 aliphatic heterocycles. The zero-order valence-corrected chi connectivity index (χ0v) is 12.9. The van der Waals surface area contributed by atoms with Crippen LogP contribution in [-0.4, -0.2) is 35.7 Å². The summed E-state index contributed by atoms with van der Waals surface area (Å²) in [5.74, 6) is 0.570. The number of nitrogens with two attached hydrogens (primary N) is 1. The van der Waals surface area contributed by atoms with Gasteiger partial charge in [0.05, 0.1) is 0 Å². The van der Waals surface area contributed by atoms with Crippen LogP contribution in [0.4, 0.5) is 4.79 Å². The minimum absolute atomic E-state index is 0.166. The molecule has 0 radical (unpaired) electrons. The summed E-state index contributed by atoms with van der Waals surface area (Å²) in [7, 11) is 0. The first kappa shape index (κ1) is 16.3. The van der Waals surface area contributed by atoms with E-state index in [2.05, 4.69) is 0 Å². The van der Waals surface area contributed by atoms with Crippen molar-refractivity contribution in [3.05, 3.63) is 0 Å². The van der Waals surface area contributed by atoms with Gasteiger partial charge in [-0.1, -0.05) is 6.42 Å². The first-order valence-electron chi connectivity index (χ1n) is 7.51. The van der Waals surface area contributed by atoms with Crippen molar-refractivity contribution in [2.45, 2.75) is 71.4 Å². The predicted molar refractivity (Wildman–Crippen MR) is 78.0 cm³/mol. The van der Waals surface area contributed by atoms with Gasteiger partial charge in [0.2, 0.25) is 0 Å². The maximum Gasteiger partial charge on any atom is 0.410 e. The molecule has 0 spiro atoms. The summed E-state index contributed by atoms with van der Waals surface area (Å²) in [5, 5.41) is 0. The second-order valence-corrected chi connectivity index (χ2v) is 6.84. The molecule has 0 bridgehead atoms. The predicted octanol–water partition coefficient (Wildman–Crippen LogP) is 3.15. The monoisotopic (exact) mass is 270 g/mol. The van der Waals surface area contributed by atoms with Crippen molar-refractivity contribution in [2.75, 3.05) is 13.1 Å². The SMILES string of the molecule is CC(N)CCC1CCCCN(C(=O)OC(C)(C)C)C1. The maximum atomic E-state index is 12.1. The van der Waals surface area contributed by atoms with Gasteiger partial charge in [-0.15, -0.1) is 0 Å². The molecule has 0 aromatic rings. The van der Waals surface area contributed by atoms with E-state index < -0.39 is 5.60 Å². The van der Waals surface area contributed by atoms with Gasteiger partial charge >= 0.3 is 6.09 Å². The normalized spacial score (nSPS) is 22.8. The summed E-state index contributed by atoms with van der Waals surface area (Å²) in [4.78, 5) is 14.0. The van der Waals surface area contributed by atoms with E-state index in [-0.39, 0.29) is 12.1 Å². The van der Waals surface area contributed by atoms with Gasteiger partial charge in [-0.05, 0) is 59.3 Å². The summed E-state index contributed by atoms with van der Waals surface area (Å²) >= 11 is 0. The molecular weight excluding hydrogens is 240 g/mol. The third-order valence-corrected chi connectivity index (χ3v) is 3.45. The van der Waals surface area contributed by atoms with Crippen molar-refractivity contribution >= 4 is 6.09 Å². The Balaban J connectivity index is 2.50. The Labute approximate surface area is 117 Å². The smallest absolute Gasteiger partial charge is 0.410 e. The molecular formula is C15H30N2O2. The number of likely N-dealkylation sites (tertiary alicyclic amines) is 1. The Morgan fingerprint density at radius 1 is 1.42 bits per heavy atom. The van der Waals surface area contributed by atoms with Crippen LogP contribution in [0.3, 0.4) is 0 Å². The number of amides is 1. The summed E-state index contributed by atoms with van der Waals surface area (Å²) in [6, 6.07) is 0.248. The maximum absolute atomic E-state index is 12.1. The van der Waals surface area contributed by atoms with Crippen LogP contribution < -0.4 is 5.73 Å². The van der Waals surface area contributed by atoms with Crippen LogP contribution in [0.25, 0.3) is 0 Å². The fourth-order valence-electron chi connectivity index (χ4n) is 2.46. The van der Waals surface area contributed by atoms with Gasteiger partial charge in [-0.25, -0.2) is 4.79 Å². The molecule has 1 amide bonds. The summed E-state index contributed by atoms with van der Waals surface area (Å²) < 4.78 is 5.47. The van der Waals surface area contributed by atoms with Crippen molar-refractivity contribution in [3.8, 4) is 0 Å². The lowest BCUT2D eigenvalue weighted by atomic mass is 9.96. The average Bonchev–Trinajstić information content (AvgIpc) is 2.49. The van der Waals surface area contributed by atoms with E-state index in [1.54, 1.807) is 0 Å². The fraction of sp³-hybridized carbons (Fsp3) is 0.933. The number of carbonyl (C=O) groups excluding carboxylic acids is 1. The Hall–Kier alpha value is -0.770. The first-order chi connectivity index (χ1) is 8.78. The molecule has 0 aliphatic carbocycles. The standard InChI is InChI=1S/C15H30N2O2/c1-12(16)8-9-13-7-5-6-10-17(11-13)14(18)19-15(2,3)4/h12-13H,5-11,16H2,1-4H3. The number of ether oxygens (including phenoxy) is 1. The quantitative estimate of drug-likeness (QED) is 0.857. The molecule has 1 aliphatic rings. The van der Waals surface area contributed by atoms with E-state index in [9.17, 15) is 4.79 Å². The van der Waals surface area contributed by atoms with Crippen LogP contribution in [0.1, 0.15) is 59.8 Å². The summed E-state index contributed by atoms with van der Waals surface area (Å²) in [6.07, 6.45) is 5.45. The highest BCUT2D eigenvalue weighted by Crippen LogP contribution is 2.22. The molecule has 1 fully saturated rings. The van der Waals surface area contributed by atoms with E-state index in [1.807, 2.05) is 32.6 Å². The fourth-order valence-corrected chi connectivity index (χ4v) is 2.46. The molecule has 0 aromatic heterocycles. The molecule has 0 saturated carbocycles. The molecule has 2 unspecified atom stereocenters. The molecule has 112 valence electrons. The number of nitrogens with zero attached hydrogens (tertiary/aromatic N) is 1. The van der Waals surface area contributed by atoms with Gasteiger partial charge in [0.1, 0.15) is 5.60 Å². The highest BCUT2D eigenvalue weighted by Gasteiger charge is 2.26. The van der Waals surface area contributed by atoms with Crippen LogP contribution in [0.5, 0.6) is 0 Å². The van der Waals surface area contributed by atoms with Gasteiger partial charge in [0, 0.05) is 19.1 Å². The summed E-state index contributed by atoms with van der Waals surface area (Å²) in [6.45, 7) is 9.43. The zero-order valence-electron chi connectivity index (χ0n) is 12.9. The molecule has 1 rings (SSSR count). The molecule has 4 nitrogen and oxygen atoms in total. The Kier molecular flexibility index (Phi) is 6.11. The van der Waals surface area contributed by atoms with Crippen LogP contribution in [0.15, 0.2) is 0 Å². The Morgan fingerprint density at radius 2 is 2.11 bits per heavy atom. The molecule has 2 atom stereocenters. The van der Waals surface area contributed by atoms with Gasteiger partial charge in [-0.3, -0.25) is 0 Å². The first-order valence-corrected chi connectivity index (χ1v) is 7.51. The lowest BCUT2D eigenvalue weighted by Gasteiger charge is -2.28. The minimum Gasteiger partial charge on any atom is -0.444 e. The molecule has 1 saturated heterocycles. The van der Waals surface area contributed by atoms with E-state index >= 15 is 0 Å². The molecule has 19 heavy (non-hydrogen) atoms. The van der Waals surface area contributed by atoms with E-state index in [0.717, 1.165) is 32.4 Å². The van der Waals surface area contributed by atoms with Gasteiger partial charge in [0.25, 0.3) is 0 Å². The van der Waals surface area contributed by atoms with Crippen molar-refractivity contribution in [1.82, 2.24) is 4.90 Å². The van der Waals surface area contributed by atoms with Crippen LogP contribution in [-0.2, 0) is 4.74 Å². The molecule has 4 heteroatoms. The van der Waals surface area contributed by atoms with Gasteiger partial charge in [0.15, 0.2) is 0 Å². The number of hydrogen-bond acceptors (Lipinski definition) is 3. The highest BCUT2D eigenvalue weighted by atomic mass is 16.6. The minimum atomic E-state index is -0.412. The van der Waals surface area contributed by atoms with E-state index in [0.29, 0.717) is 5.92 Å². The highest BCUT2D eigenvalue weighted by molar-refractivity contribution is 5.68. The van der Waals surface area contributed by atoms with Crippen LogP contribution in [0.2, 0.25) is 0 Å². The van der Waals surface area contributed by atoms with Gasteiger partial charge in [-0.2, -0.15) is 0 Å². The van der Waals surface area contributed by atoms with E-state index in [1.165, 1.54) is 12.8 Å². The third-order valence-electron chi connectivity index (χ3n) is 3.45. The lowest BCUT2D eigenvalue weighted by molar-refractivity contribution is 0.0231. The Morgan fingerprint density at radius 3 is 2.68 bits per heavy atom. The zero-order chi connectivity index (χ0) is 14.5. The third kappa shape index (κ3) is 6.81. The van der Waals surface area contributed by atoms with Crippen LogP contribution >= 0.6 is 0 Å². The van der Waals surface area contributed by atoms with Crippen molar-refractivity contribution in [2.24, 2.45) is 11.7 Å². The second kappa shape index (κ2) is 7.13. The van der Waals surface area contributed by atoms with Crippen molar-refractivity contribution in [3.63, 3.8) is 0 Å². The average molecular weight is 270 g/mol. The lowest BCUT2D eigenvalue weighted by Crippen LogP contribution is -2.39.